The zero-order valence-electron chi connectivity index (χ0n) is 11.9. The number of carbonyl (C=O) groups is 1. The number of halogens is 1. The van der Waals surface area contributed by atoms with Crippen LogP contribution in [0.4, 0.5) is 5.13 Å². The van der Waals surface area contributed by atoms with Gasteiger partial charge in [0.2, 0.25) is 11.0 Å². The van der Waals surface area contributed by atoms with Crippen molar-refractivity contribution in [3.8, 4) is 0 Å². The molecule has 0 aliphatic rings. The Morgan fingerprint density at radius 1 is 1.43 bits per heavy atom. The van der Waals surface area contributed by atoms with Gasteiger partial charge in [0.15, 0.2) is 0 Å². The van der Waals surface area contributed by atoms with Crippen LogP contribution in [0, 0.1) is 6.92 Å². The fraction of sp³-hybridized carbons (Fsp3) is 0.357. The van der Waals surface area contributed by atoms with Crippen LogP contribution in [0.15, 0.2) is 27.6 Å². The highest BCUT2D eigenvalue weighted by Crippen LogP contribution is 2.25. The minimum Gasteiger partial charge on any atom is -0.300 e. The van der Waals surface area contributed by atoms with E-state index in [4.69, 9.17) is 0 Å². The maximum Gasteiger partial charge on any atom is 0.236 e. The molecule has 4 nitrogen and oxygen atoms in total. The van der Waals surface area contributed by atoms with Crippen LogP contribution >= 0.6 is 39.0 Å². The number of aryl methyl sites for hydroxylation is 2. The van der Waals surface area contributed by atoms with Crippen molar-refractivity contribution in [3.05, 3.63) is 33.2 Å². The third-order valence-corrected chi connectivity index (χ3v) is 5.24. The van der Waals surface area contributed by atoms with Crippen LogP contribution in [-0.2, 0) is 11.2 Å². The molecule has 0 saturated carbocycles. The van der Waals surface area contributed by atoms with Crippen LogP contribution in [-0.4, -0.2) is 21.9 Å². The SMILES string of the molecule is CCCc1nnc(NC(=O)CSc2ccc(Br)cc2C)s1. The second kappa shape index (κ2) is 7.91. The lowest BCUT2D eigenvalue weighted by Crippen LogP contribution is -2.13. The van der Waals surface area contributed by atoms with Gasteiger partial charge in [-0.25, -0.2) is 0 Å². The molecular formula is C14H16BrN3OS2. The average molecular weight is 386 g/mol. The van der Waals surface area contributed by atoms with E-state index >= 15 is 0 Å². The van der Waals surface area contributed by atoms with E-state index in [0.717, 1.165) is 32.8 Å². The molecule has 0 aliphatic carbocycles. The zero-order valence-corrected chi connectivity index (χ0v) is 15.1. The Balaban J connectivity index is 1.86. The predicted molar refractivity (Wildman–Crippen MR) is 92.1 cm³/mol. The third kappa shape index (κ3) is 5.09. The van der Waals surface area contributed by atoms with Gasteiger partial charge in [-0.1, -0.05) is 34.2 Å². The minimum absolute atomic E-state index is 0.0542. The first-order chi connectivity index (χ1) is 10.1. The van der Waals surface area contributed by atoms with Crippen LogP contribution in [0.2, 0.25) is 0 Å². The molecule has 0 bridgehead atoms. The highest BCUT2D eigenvalue weighted by atomic mass is 79.9. The topological polar surface area (TPSA) is 54.9 Å². The van der Waals surface area contributed by atoms with E-state index < -0.39 is 0 Å². The molecule has 0 aliphatic heterocycles. The van der Waals surface area contributed by atoms with E-state index in [0.29, 0.717) is 10.9 Å². The number of carbonyl (C=O) groups excluding carboxylic acids is 1. The largest absolute Gasteiger partial charge is 0.300 e. The fourth-order valence-electron chi connectivity index (χ4n) is 1.69. The summed E-state index contributed by atoms with van der Waals surface area (Å²) in [4.78, 5) is 13.0. The molecule has 2 aromatic rings. The lowest BCUT2D eigenvalue weighted by molar-refractivity contribution is -0.113. The molecule has 1 N–H and O–H groups in total. The summed E-state index contributed by atoms with van der Waals surface area (Å²) in [5.41, 5.74) is 1.16. The van der Waals surface area contributed by atoms with Gasteiger partial charge in [-0.2, -0.15) is 0 Å². The number of thioether (sulfide) groups is 1. The molecule has 112 valence electrons. The Kier molecular flexibility index (Phi) is 6.20. The highest BCUT2D eigenvalue weighted by Gasteiger charge is 2.09. The van der Waals surface area contributed by atoms with Crippen LogP contribution in [0.3, 0.4) is 0 Å². The van der Waals surface area contributed by atoms with Crippen molar-refractivity contribution in [2.24, 2.45) is 0 Å². The first-order valence-corrected chi connectivity index (χ1v) is 9.19. The minimum atomic E-state index is -0.0542. The van der Waals surface area contributed by atoms with Crippen LogP contribution in [0.1, 0.15) is 23.9 Å². The fourth-order valence-corrected chi connectivity index (χ4v) is 3.84. The standard InChI is InChI=1S/C14H16BrN3OS2/c1-3-4-13-17-18-14(21-13)16-12(19)8-20-11-6-5-10(15)7-9(11)2/h5-7H,3-4,8H2,1-2H3,(H,16,18,19). The van der Waals surface area contributed by atoms with E-state index in [1.165, 1.54) is 23.1 Å². The molecule has 0 unspecified atom stereocenters. The number of nitrogens with zero attached hydrogens (tertiary/aromatic N) is 2. The molecule has 1 aromatic carbocycles. The van der Waals surface area contributed by atoms with Gasteiger partial charge < -0.3 is 0 Å². The number of hydrogen-bond donors (Lipinski definition) is 1. The smallest absolute Gasteiger partial charge is 0.236 e. The number of rotatable bonds is 6. The molecule has 7 heteroatoms. The van der Waals surface area contributed by atoms with Crippen molar-refractivity contribution in [1.29, 1.82) is 0 Å². The molecule has 21 heavy (non-hydrogen) atoms. The summed E-state index contributed by atoms with van der Waals surface area (Å²) in [7, 11) is 0. The van der Waals surface area contributed by atoms with E-state index in [9.17, 15) is 4.79 Å². The number of amides is 1. The lowest BCUT2D eigenvalue weighted by Gasteiger charge is -2.05. The van der Waals surface area contributed by atoms with Crippen molar-refractivity contribution in [1.82, 2.24) is 10.2 Å². The maximum atomic E-state index is 11.9. The number of anilines is 1. The lowest BCUT2D eigenvalue weighted by atomic mass is 10.2. The second-order valence-corrected chi connectivity index (χ2v) is 7.49. The van der Waals surface area contributed by atoms with Crippen LogP contribution in [0.5, 0.6) is 0 Å². The Morgan fingerprint density at radius 3 is 2.95 bits per heavy atom. The Bertz CT molecular complexity index is 630. The van der Waals surface area contributed by atoms with Crippen LogP contribution < -0.4 is 5.32 Å². The van der Waals surface area contributed by atoms with E-state index in [2.05, 4.69) is 38.4 Å². The monoisotopic (exact) mass is 385 g/mol. The Labute approximate surface area is 140 Å². The van der Waals surface area contributed by atoms with Crippen LogP contribution in [0.25, 0.3) is 0 Å². The summed E-state index contributed by atoms with van der Waals surface area (Å²) < 4.78 is 1.05. The summed E-state index contributed by atoms with van der Waals surface area (Å²) in [6.45, 7) is 4.13. The summed E-state index contributed by atoms with van der Waals surface area (Å²) in [5.74, 6) is 0.312. The second-order valence-electron chi connectivity index (χ2n) is 4.50. The van der Waals surface area contributed by atoms with E-state index in [-0.39, 0.29) is 5.91 Å². The Hall–Kier alpha value is -0.920. The summed E-state index contributed by atoms with van der Waals surface area (Å²) >= 11 is 6.40. The van der Waals surface area contributed by atoms with E-state index in [1.54, 1.807) is 0 Å². The zero-order chi connectivity index (χ0) is 15.2. The predicted octanol–water partition coefficient (Wildman–Crippen LogP) is 4.29. The van der Waals surface area contributed by atoms with Gasteiger partial charge in [0, 0.05) is 15.8 Å². The molecule has 0 saturated heterocycles. The number of aromatic nitrogens is 2. The number of hydrogen-bond acceptors (Lipinski definition) is 5. The van der Waals surface area contributed by atoms with Gasteiger partial charge in [-0.3, -0.25) is 10.1 Å². The molecular weight excluding hydrogens is 370 g/mol. The highest BCUT2D eigenvalue weighted by molar-refractivity contribution is 9.10. The van der Waals surface area contributed by atoms with E-state index in [1.807, 2.05) is 25.1 Å². The number of benzene rings is 1. The first kappa shape index (κ1) is 16.5. The first-order valence-electron chi connectivity index (χ1n) is 6.59. The molecule has 1 amide bonds. The van der Waals surface area contributed by atoms with Crippen molar-refractivity contribution in [3.63, 3.8) is 0 Å². The molecule has 0 radical (unpaired) electrons. The van der Waals surface area contributed by atoms with Crippen molar-refractivity contribution < 1.29 is 4.79 Å². The summed E-state index contributed by atoms with van der Waals surface area (Å²) in [5, 5.41) is 12.4. The molecule has 0 fully saturated rings. The van der Waals surface area contributed by atoms with Gasteiger partial charge in [0.05, 0.1) is 5.75 Å². The van der Waals surface area contributed by atoms with Crippen molar-refractivity contribution in [2.75, 3.05) is 11.1 Å². The average Bonchev–Trinajstić information content (AvgIpc) is 2.85. The Morgan fingerprint density at radius 2 is 2.24 bits per heavy atom. The number of nitrogens with one attached hydrogen (secondary N) is 1. The quantitative estimate of drug-likeness (QED) is 0.753. The third-order valence-electron chi connectivity index (χ3n) is 2.67. The van der Waals surface area contributed by atoms with Gasteiger partial charge in [0.25, 0.3) is 0 Å². The van der Waals surface area contributed by atoms with Crippen molar-refractivity contribution in [2.45, 2.75) is 31.6 Å². The molecule has 1 aromatic heterocycles. The molecule has 2 rings (SSSR count). The molecule has 1 heterocycles. The molecule has 0 atom stereocenters. The van der Waals surface area contributed by atoms with Gasteiger partial charge >= 0.3 is 0 Å². The van der Waals surface area contributed by atoms with Gasteiger partial charge in [-0.15, -0.1) is 22.0 Å². The summed E-state index contributed by atoms with van der Waals surface area (Å²) in [6, 6.07) is 6.04. The van der Waals surface area contributed by atoms with Crippen molar-refractivity contribution >= 4 is 50.1 Å². The van der Waals surface area contributed by atoms with Gasteiger partial charge in [0.1, 0.15) is 5.01 Å². The summed E-state index contributed by atoms with van der Waals surface area (Å²) in [6.07, 6.45) is 1.93. The van der Waals surface area contributed by atoms with Gasteiger partial charge in [-0.05, 0) is 37.1 Å². The molecule has 0 spiro atoms. The normalized spacial score (nSPS) is 10.6. The maximum absolute atomic E-state index is 11.9.